The van der Waals surface area contributed by atoms with Gasteiger partial charge in [0.15, 0.2) is 0 Å². The zero-order valence-electron chi connectivity index (χ0n) is 8.79. The average Bonchev–Trinajstić information content (AvgIpc) is 2.54. The summed E-state index contributed by atoms with van der Waals surface area (Å²) in [6.45, 7) is 3.12. The van der Waals surface area contributed by atoms with Gasteiger partial charge in [-0.15, -0.1) is 0 Å². The zero-order valence-corrected chi connectivity index (χ0v) is 8.79. The van der Waals surface area contributed by atoms with E-state index in [0.29, 0.717) is 25.2 Å². The minimum Gasteiger partial charge on any atom is -0.334 e. The number of rotatable bonds is 3. The Morgan fingerprint density at radius 1 is 1.47 bits per heavy atom. The Balaban J connectivity index is 2.10. The summed E-state index contributed by atoms with van der Waals surface area (Å²) in [5.74, 6) is 0.104. The molecule has 1 amide bonds. The van der Waals surface area contributed by atoms with Crippen LogP contribution in [0.3, 0.4) is 0 Å². The number of carbonyl (C=O) groups is 1. The van der Waals surface area contributed by atoms with Gasteiger partial charge in [-0.2, -0.15) is 0 Å². The summed E-state index contributed by atoms with van der Waals surface area (Å²) in [7, 11) is 0. The number of nitrogens with one attached hydrogen (secondary N) is 1. The summed E-state index contributed by atoms with van der Waals surface area (Å²) in [4.78, 5) is 13.7. The van der Waals surface area contributed by atoms with E-state index in [4.69, 9.17) is 5.41 Å². The number of carbonyl (C=O) groups excluding carboxylic acids is 1. The molecule has 0 fully saturated rings. The Morgan fingerprint density at radius 3 is 2.87 bits per heavy atom. The molecule has 0 radical (unpaired) electrons. The minimum atomic E-state index is 0.104. The highest BCUT2D eigenvalue weighted by Gasteiger charge is 2.25. The molecule has 0 aromatic heterocycles. The second-order valence-corrected chi connectivity index (χ2v) is 3.91. The number of benzene rings is 1. The molecule has 0 atom stereocenters. The number of fused-ring (bicyclic) bond motifs is 1. The first-order valence-electron chi connectivity index (χ1n) is 5.09. The molecule has 78 valence electrons. The van der Waals surface area contributed by atoms with E-state index in [0.717, 1.165) is 11.1 Å². The van der Waals surface area contributed by atoms with Crippen LogP contribution in [0.4, 0.5) is 0 Å². The van der Waals surface area contributed by atoms with Crippen LogP contribution in [0.25, 0.3) is 0 Å². The summed E-state index contributed by atoms with van der Waals surface area (Å²) in [6, 6.07) is 7.71. The number of nitrogens with zero attached hydrogens (tertiary/aromatic N) is 1. The minimum absolute atomic E-state index is 0.104. The molecule has 0 aliphatic carbocycles. The Hall–Kier alpha value is -1.64. The first-order chi connectivity index (χ1) is 7.18. The van der Waals surface area contributed by atoms with Crippen LogP contribution in [0, 0.1) is 5.41 Å². The predicted octanol–water partition coefficient (Wildman–Crippen LogP) is 2.07. The molecule has 15 heavy (non-hydrogen) atoms. The Labute approximate surface area is 89.2 Å². The fourth-order valence-corrected chi connectivity index (χ4v) is 1.80. The van der Waals surface area contributed by atoms with Crippen LogP contribution >= 0.6 is 0 Å². The topological polar surface area (TPSA) is 44.2 Å². The molecule has 0 saturated carbocycles. The molecule has 0 bridgehead atoms. The van der Waals surface area contributed by atoms with Crippen LogP contribution in [-0.2, 0) is 6.54 Å². The highest BCUT2D eigenvalue weighted by Crippen LogP contribution is 2.22. The van der Waals surface area contributed by atoms with Gasteiger partial charge in [-0.1, -0.05) is 18.2 Å². The lowest BCUT2D eigenvalue weighted by Gasteiger charge is -2.14. The lowest BCUT2D eigenvalue weighted by atomic mass is 10.1. The van der Waals surface area contributed by atoms with Crippen LogP contribution in [0.2, 0.25) is 0 Å². The number of hydrogen-bond acceptors (Lipinski definition) is 2. The van der Waals surface area contributed by atoms with Crippen molar-refractivity contribution in [3.8, 4) is 0 Å². The van der Waals surface area contributed by atoms with Crippen molar-refractivity contribution < 1.29 is 4.79 Å². The summed E-state index contributed by atoms with van der Waals surface area (Å²) < 4.78 is 0. The van der Waals surface area contributed by atoms with Gasteiger partial charge >= 0.3 is 0 Å². The zero-order chi connectivity index (χ0) is 10.8. The maximum Gasteiger partial charge on any atom is 0.254 e. The molecule has 1 heterocycles. The SMILES string of the molecule is CC(=N)CCN1Cc2ccccc2C1=O. The first kappa shape index (κ1) is 9.90. The smallest absolute Gasteiger partial charge is 0.254 e. The van der Waals surface area contributed by atoms with E-state index in [1.54, 1.807) is 6.92 Å². The van der Waals surface area contributed by atoms with Crippen molar-refractivity contribution in [1.29, 1.82) is 5.41 Å². The van der Waals surface area contributed by atoms with Gasteiger partial charge in [-0.25, -0.2) is 0 Å². The number of amides is 1. The van der Waals surface area contributed by atoms with Gasteiger partial charge in [0.1, 0.15) is 0 Å². The Kier molecular flexibility index (Phi) is 2.54. The summed E-state index contributed by atoms with van der Waals surface area (Å²) in [6.07, 6.45) is 0.666. The van der Waals surface area contributed by atoms with E-state index < -0.39 is 0 Å². The average molecular weight is 202 g/mol. The lowest BCUT2D eigenvalue weighted by Crippen LogP contribution is -2.26. The van der Waals surface area contributed by atoms with E-state index in [2.05, 4.69) is 0 Å². The maximum absolute atomic E-state index is 11.9. The Morgan fingerprint density at radius 2 is 2.20 bits per heavy atom. The summed E-state index contributed by atoms with van der Waals surface area (Å²) in [5.41, 5.74) is 2.55. The molecule has 1 aliphatic heterocycles. The van der Waals surface area contributed by atoms with Gasteiger partial charge in [0.25, 0.3) is 5.91 Å². The van der Waals surface area contributed by atoms with Gasteiger partial charge < -0.3 is 10.3 Å². The molecule has 1 aliphatic rings. The van der Waals surface area contributed by atoms with Crippen LogP contribution < -0.4 is 0 Å². The van der Waals surface area contributed by atoms with Gasteiger partial charge in [0.2, 0.25) is 0 Å². The largest absolute Gasteiger partial charge is 0.334 e. The fourth-order valence-electron chi connectivity index (χ4n) is 1.80. The third-order valence-electron chi connectivity index (χ3n) is 2.65. The molecule has 1 aromatic carbocycles. The second-order valence-electron chi connectivity index (χ2n) is 3.91. The molecule has 1 aromatic rings. The van der Waals surface area contributed by atoms with Crippen LogP contribution in [0.15, 0.2) is 24.3 Å². The number of hydrogen-bond donors (Lipinski definition) is 1. The summed E-state index contributed by atoms with van der Waals surface area (Å²) >= 11 is 0. The third kappa shape index (κ3) is 1.91. The van der Waals surface area contributed by atoms with Crippen molar-refractivity contribution in [3.63, 3.8) is 0 Å². The molecule has 3 nitrogen and oxygen atoms in total. The first-order valence-corrected chi connectivity index (χ1v) is 5.09. The molecule has 2 rings (SSSR count). The van der Waals surface area contributed by atoms with Crippen molar-refractivity contribution in [2.45, 2.75) is 19.9 Å². The van der Waals surface area contributed by atoms with Crippen LogP contribution in [0.1, 0.15) is 29.3 Å². The van der Waals surface area contributed by atoms with E-state index in [1.807, 2.05) is 29.2 Å². The highest BCUT2D eigenvalue weighted by atomic mass is 16.2. The standard InChI is InChI=1S/C12H14N2O/c1-9(13)6-7-14-8-10-4-2-3-5-11(10)12(14)15/h2-5,13H,6-8H2,1H3. The van der Waals surface area contributed by atoms with Crippen LogP contribution in [0.5, 0.6) is 0 Å². The molecular formula is C12H14N2O. The predicted molar refractivity (Wildman–Crippen MR) is 59.2 cm³/mol. The Bertz CT molecular complexity index is 412. The normalized spacial score (nSPS) is 14.2. The highest BCUT2D eigenvalue weighted by molar-refractivity contribution is 5.98. The lowest BCUT2D eigenvalue weighted by molar-refractivity contribution is 0.0783. The van der Waals surface area contributed by atoms with Crippen molar-refractivity contribution in [1.82, 2.24) is 4.90 Å². The molecule has 3 heteroatoms. The van der Waals surface area contributed by atoms with Gasteiger partial charge in [-0.05, 0) is 18.6 Å². The van der Waals surface area contributed by atoms with E-state index in [1.165, 1.54) is 0 Å². The van der Waals surface area contributed by atoms with Crippen molar-refractivity contribution in [3.05, 3.63) is 35.4 Å². The van der Waals surface area contributed by atoms with E-state index in [-0.39, 0.29) is 5.91 Å². The van der Waals surface area contributed by atoms with E-state index in [9.17, 15) is 4.79 Å². The fraction of sp³-hybridized carbons (Fsp3) is 0.333. The van der Waals surface area contributed by atoms with Crippen molar-refractivity contribution in [2.75, 3.05) is 6.54 Å². The van der Waals surface area contributed by atoms with Gasteiger partial charge in [0.05, 0.1) is 0 Å². The van der Waals surface area contributed by atoms with Gasteiger partial charge in [0, 0.05) is 30.8 Å². The third-order valence-corrected chi connectivity index (χ3v) is 2.65. The molecule has 0 unspecified atom stereocenters. The summed E-state index contributed by atoms with van der Waals surface area (Å²) in [5, 5.41) is 7.35. The molecular weight excluding hydrogens is 188 g/mol. The van der Waals surface area contributed by atoms with Crippen LogP contribution in [-0.4, -0.2) is 23.1 Å². The van der Waals surface area contributed by atoms with Gasteiger partial charge in [-0.3, -0.25) is 4.79 Å². The van der Waals surface area contributed by atoms with Crippen molar-refractivity contribution >= 4 is 11.6 Å². The maximum atomic E-state index is 11.9. The van der Waals surface area contributed by atoms with Crippen molar-refractivity contribution in [2.24, 2.45) is 0 Å². The van der Waals surface area contributed by atoms with E-state index >= 15 is 0 Å². The molecule has 0 spiro atoms. The second kappa shape index (κ2) is 3.85. The molecule has 1 N–H and O–H groups in total. The monoisotopic (exact) mass is 202 g/mol. The molecule has 0 saturated heterocycles. The quantitative estimate of drug-likeness (QED) is 0.749.